The summed E-state index contributed by atoms with van der Waals surface area (Å²) in [5.41, 5.74) is 15.4. The van der Waals surface area contributed by atoms with Crippen molar-refractivity contribution in [1.82, 2.24) is 4.57 Å². The van der Waals surface area contributed by atoms with E-state index < -0.39 is 5.91 Å². The number of nitrogens with zero attached hydrogens (tertiary/aromatic N) is 2. The summed E-state index contributed by atoms with van der Waals surface area (Å²) < 4.78 is 2.15. The molecule has 0 aliphatic carbocycles. The van der Waals surface area contributed by atoms with Gasteiger partial charge >= 0.3 is 0 Å². The highest BCUT2D eigenvalue weighted by Gasteiger charge is 2.18. The van der Waals surface area contributed by atoms with E-state index in [1.165, 1.54) is 0 Å². The molecule has 6 N–H and O–H groups in total. The molecule has 7 nitrogen and oxygen atoms in total. The molecule has 0 aliphatic heterocycles. The van der Waals surface area contributed by atoms with E-state index in [1.54, 1.807) is 6.07 Å². The summed E-state index contributed by atoms with van der Waals surface area (Å²) in [7, 11) is 0. The predicted octanol–water partition coefficient (Wildman–Crippen LogP) is 1.58. The van der Waals surface area contributed by atoms with Crippen molar-refractivity contribution in [2.45, 2.75) is 26.3 Å². The van der Waals surface area contributed by atoms with Crippen LogP contribution in [0.15, 0.2) is 48.5 Å². The highest BCUT2D eigenvalue weighted by molar-refractivity contribution is 5.97. The van der Waals surface area contributed by atoms with E-state index in [-0.39, 0.29) is 25.3 Å². The number of anilines is 1. The van der Waals surface area contributed by atoms with Gasteiger partial charge in [0.2, 0.25) is 11.8 Å². The van der Waals surface area contributed by atoms with Crippen LogP contribution in [-0.2, 0) is 22.6 Å². The average Bonchev–Trinajstić information content (AvgIpc) is 2.93. The summed E-state index contributed by atoms with van der Waals surface area (Å²) in [4.78, 5) is 23.8. The molecule has 0 spiro atoms. The van der Waals surface area contributed by atoms with Crippen LogP contribution in [0.4, 0.5) is 5.69 Å². The smallest absolute Gasteiger partial charge is 0.242 e. The minimum absolute atomic E-state index is 0.120. The second kappa shape index (κ2) is 8.24. The number of primary amides is 1. The van der Waals surface area contributed by atoms with Crippen LogP contribution >= 0.6 is 0 Å². The number of amides is 2. The SMILES string of the molecule is Cc1c(CC(N)=O)c2cc(N(N)C(=O)CCN)ccc2n1Cc1ccccc1. The third-order valence-corrected chi connectivity index (χ3v) is 4.88. The van der Waals surface area contributed by atoms with Crippen LogP contribution in [0.5, 0.6) is 0 Å². The molecular formula is C21H25N5O2. The summed E-state index contributed by atoms with van der Waals surface area (Å²) in [6.45, 7) is 2.87. The quantitative estimate of drug-likeness (QED) is 0.328. The Morgan fingerprint density at radius 1 is 1.11 bits per heavy atom. The van der Waals surface area contributed by atoms with E-state index in [0.717, 1.165) is 32.7 Å². The summed E-state index contributed by atoms with van der Waals surface area (Å²) in [5, 5.41) is 1.96. The molecule has 3 aromatic rings. The van der Waals surface area contributed by atoms with Crippen LogP contribution < -0.4 is 22.3 Å². The fourth-order valence-electron chi connectivity index (χ4n) is 3.44. The fraction of sp³-hybridized carbons (Fsp3) is 0.238. The first-order valence-electron chi connectivity index (χ1n) is 9.14. The normalized spacial score (nSPS) is 11.0. The standard InChI is InChI=1S/C21H25N5O2/c1-14-17(12-20(23)27)18-11-16(26(24)21(28)9-10-22)7-8-19(18)25(14)13-15-5-3-2-4-6-15/h2-8,11H,9-10,12-13,22,24H2,1H3,(H2,23,27). The number of carbonyl (C=O) groups excluding carboxylic acids is 2. The van der Waals surface area contributed by atoms with E-state index >= 15 is 0 Å². The number of hydrogen-bond acceptors (Lipinski definition) is 4. The number of fused-ring (bicyclic) bond motifs is 1. The molecule has 146 valence electrons. The predicted molar refractivity (Wildman–Crippen MR) is 110 cm³/mol. The molecule has 0 bridgehead atoms. The molecule has 0 unspecified atom stereocenters. The number of benzene rings is 2. The van der Waals surface area contributed by atoms with E-state index in [2.05, 4.69) is 16.7 Å². The average molecular weight is 379 g/mol. The Morgan fingerprint density at radius 2 is 1.82 bits per heavy atom. The molecule has 1 aromatic heterocycles. The van der Waals surface area contributed by atoms with Crippen molar-refractivity contribution in [3.05, 3.63) is 65.4 Å². The van der Waals surface area contributed by atoms with Crippen LogP contribution in [0.3, 0.4) is 0 Å². The van der Waals surface area contributed by atoms with Gasteiger partial charge in [-0.15, -0.1) is 0 Å². The molecule has 0 saturated heterocycles. The van der Waals surface area contributed by atoms with Gasteiger partial charge in [0, 0.05) is 36.1 Å². The summed E-state index contributed by atoms with van der Waals surface area (Å²) in [6.07, 6.45) is 0.283. The van der Waals surface area contributed by atoms with Crippen molar-refractivity contribution >= 4 is 28.4 Å². The zero-order valence-electron chi connectivity index (χ0n) is 15.9. The maximum atomic E-state index is 12.1. The Kier molecular flexibility index (Phi) is 5.77. The summed E-state index contributed by atoms with van der Waals surface area (Å²) >= 11 is 0. The van der Waals surface area contributed by atoms with Crippen molar-refractivity contribution in [3.8, 4) is 0 Å². The van der Waals surface area contributed by atoms with Gasteiger partial charge in [0.05, 0.1) is 12.1 Å². The number of hydrazine groups is 1. The number of hydrogen-bond donors (Lipinski definition) is 3. The van der Waals surface area contributed by atoms with E-state index in [4.69, 9.17) is 17.3 Å². The molecule has 7 heteroatoms. The third-order valence-electron chi connectivity index (χ3n) is 4.88. The Bertz CT molecular complexity index is 1010. The second-order valence-electron chi connectivity index (χ2n) is 6.78. The lowest BCUT2D eigenvalue weighted by atomic mass is 10.1. The molecule has 0 saturated carbocycles. The van der Waals surface area contributed by atoms with Crippen LogP contribution in [0.25, 0.3) is 10.9 Å². The molecule has 2 amide bonds. The van der Waals surface area contributed by atoms with E-state index in [1.807, 2.05) is 37.3 Å². The van der Waals surface area contributed by atoms with Crippen molar-refractivity contribution in [3.63, 3.8) is 0 Å². The Labute approximate surface area is 163 Å². The van der Waals surface area contributed by atoms with Gasteiger partial charge in [0.25, 0.3) is 0 Å². The number of nitrogens with two attached hydrogens (primary N) is 3. The Morgan fingerprint density at radius 3 is 2.46 bits per heavy atom. The van der Waals surface area contributed by atoms with Crippen LogP contribution in [0.2, 0.25) is 0 Å². The highest BCUT2D eigenvalue weighted by atomic mass is 16.2. The Hall–Kier alpha value is -3.16. The first-order valence-corrected chi connectivity index (χ1v) is 9.14. The van der Waals surface area contributed by atoms with Crippen LogP contribution in [0, 0.1) is 6.92 Å². The maximum Gasteiger partial charge on any atom is 0.242 e. The maximum absolute atomic E-state index is 12.1. The summed E-state index contributed by atoms with van der Waals surface area (Å²) in [6, 6.07) is 15.6. The lowest BCUT2D eigenvalue weighted by Crippen LogP contribution is -2.38. The van der Waals surface area contributed by atoms with Gasteiger partial charge in [0.15, 0.2) is 0 Å². The van der Waals surface area contributed by atoms with Crippen LogP contribution in [0.1, 0.15) is 23.2 Å². The molecule has 0 atom stereocenters. The van der Waals surface area contributed by atoms with Crippen molar-refractivity contribution < 1.29 is 9.59 Å². The van der Waals surface area contributed by atoms with Gasteiger partial charge in [-0.05, 0) is 36.2 Å². The van der Waals surface area contributed by atoms with E-state index in [9.17, 15) is 9.59 Å². The fourth-order valence-corrected chi connectivity index (χ4v) is 3.44. The van der Waals surface area contributed by atoms with Gasteiger partial charge in [-0.3, -0.25) is 9.59 Å². The zero-order chi connectivity index (χ0) is 20.3. The van der Waals surface area contributed by atoms with E-state index in [0.29, 0.717) is 12.2 Å². The number of carbonyl (C=O) groups is 2. The lowest BCUT2D eigenvalue weighted by Gasteiger charge is -2.17. The molecule has 2 aromatic carbocycles. The topological polar surface area (TPSA) is 120 Å². The third kappa shape index (κ3) is 3.90. The van der Waals surface area contributed by atoms with Gasteiger partial charge in [0.1, 0.15) is 0 Å². The number of aromatic nitrogens is 1. The van der Waals surface area contributed by atoms with Gasteiger partial charge in [-0.25, -0.2) is 10.9 Å². The molecule has 0 aliphatic rings. The van der Waals surface area contributed by atoms with Crippen molar-refractivity contribution in [1.29, 1.82) is 0 Å². The largest absolute Gasteiger partial charge is 0.369 e. The van der Waals surface area contributed by atoms with Gasteiger partial charge in [-0.1, -0.05) is 30.3 Å². The molecular weight excluding hydrogens is 354 g/mol. The van der Waals surface area contributed by atoms with Crippen molar-refractivity contribution in [2.75, 3.05) is 11.6 Å². The minimum Gasteiger partial charge on any atom is -0.369 e. The Balaban J connectivity index is 2.10. The van der Waals surface area contributed by atoms with Gasteiger partial charge in [-0.2, -0.15) is 0 Å². The minimum atomic E-state index is -0.406. The highest BCUT2D eigenvalue weighted by Crippen LogP contribution is 2.30. The summed E-state index contributed by atoms with van der Waals surface area (Å²) in [5.74, 6) is 5.29. The first-order chi connectivity index (χ1) is 13.4. The second-order valence-corrected chi connectivity index (χ2v) is 6.78. The lowest BCUT2D eigenvalue weighted by molar-refractivity contribution is -0.118. The number of rotatable bonds is 7. The molecule has 3 rings (SSSR count). The molecule has 28 heavy (non-hydrogen) atoms. The van der Waals surface area contributed by atoms with Crippen LogP contribution in [-0.4, -0.2) is 22.9 Å². The molecule has 0 radical (unpaired) electrons. The van der Waals surface area contributed by atoms with Gasteiger partial charge < -0.3 is 16.0 Å². The monoisotopic (exact) mass is 379 g/mol. The molecule has 1 heterocycles. The zero-order valence-corrected chi connectivity index (χ0v) is 15.9. The van der Waals surface area contributed by atoms with Crippen molar-refractivity contribution in [2.24, 2.45) is 17.3 Å². The first kappa shape index (κ1) is 19.6. The molecule has 0 fully saturated rings.